The third kappa shape index (κ3) is 1.92. The lowest BCUT2D eigenvalue weighted by Crippen LogP contribution is -2.58. The van der Waals surface area contributed by atoms with Gasteiger partial charge in [-0.25, -0.2) is 0 Å². The molecule has 1 fully saturated rings. The van der Waals surface area contributed by atoms with Crippen molar-refractivity contribution in [1.29, 1.82) is 0 Å². The molecule has 14 heavy (non-hydrogen) atoms. The van der Waals surface area contributed by atoms with Gasteiger partial charge in [0.1, 0.15) is 0 Å². The average molecular weight is 198 g/mol. The first-order chi connectivity index (χ1) is 6.43. The monoisotopic (exact) mass is 198 g/mol. The highest BCUT2D eigenvalue weighted by atomic mass is 16.1. The molecule has 1 aliphatic carbocycles. The standard InChI is InChI=1S/C11H22N2O/c1-10(2)6-4-5-7-11(10,13-3)8-9(12)14/h13H,4-8H2,1-3H3,(H2,12,14). The number of hydrogen-bond acceptors (Lipinski definition) is 2. The van der Waals surface area contributed by atoms with Crippen molar-refractivity contribution < 1.29 is 4.79 Å². The van der Waals surface area contributed by atoms with Gasteiger partial charge in [-0.05, 0) is 25.3 Å². The lowest BCUT2D eigenvalue weighted by molar-refractivity contribution is -0.121. The molecule has 1 rings (SSSR count). The van der Waals surface area contributed by atoms with E-state index in [1.54, 1.807) is 0 Å². The van der Waals surface area contributed by atoms with E-state index >= 15 is 0 Å². The second kappa shape index (κ2) is 3.89. The van der Waals surface area contributed by atoms with Crippen molar-refractivity contribution in [3.63, 3.8) is 0 Å². The number of hydrogen-bond donors (Lipinski definition) is 2. The number of nitrogens with two attached hydrogens (primary N) is 1. The smallest absolute Gasteiger partial charge is 0.219 e. The fourth-order valence-electron chi connectivity index (χ4n) is 2.75. The Labute approximate surface area is 86.4 Å². The van der Waals surface area contributed by atoms with Crippen LogP contribution in [0.15, 0.2) is 0 Å². The van der Waals surface area contributed by atoms with Crippen LogP contribution in [-0.2, 0) is 4.79 Å². The predicted octanol–water partition coefficient (Wildman–Crippen LogP) is 1.42. The molecule has 3 nitrogen and oxygen atoms in total. The molecule has 0 aliphatic heterocycles. The zero-order valence-corrected chi connectivity index (χ0v) is 9.52. The number of amides is 1. The lowest BCUT2D eigenvalue weighted by atomic mass is 9.61. The van der Waals surface area contributed by atoms with Crippen LogP contribution in [0.5, 0.6) is 0 Å². The number of nitrogens with one attached hydrogen (secondary N) is 1. The maximum Gasteiger partial charge on any atom is 0.219 e. The first kappa shape index (κ1) is 11.5. The van der Waals surface area contributed by atoms with E-state index in [1.165, 1.54) is 19.3 Å². The first-order valence-corrected chi connectivity index (χ1v) is 5.41. The topological polar surface area (TPSA) is 55.1 Å². The molecule has 3 N–H and O–H groups in total. The van der Waals surface area contributed by atoms with Crippen LogP contribution in [-0.4, -0.2) is 18.5 Å². The molecule has 0 saturated heterocycles. The summed E-state index contributed by atoms with van der Waals surface area (Å²) in [6.07, 6.45) is 5.13. The van der Waals surface area contributed by atoms with Crippen LogP contribution in [0, 0.1) is 5.41 Å². The fraction of sp³-hybridized carbons (Fsp3) is 0.909. The van der Waals surface area contributed by atoms with Gasteiger partial charge in [-0.15, -0.1) is 0 Å². The van der Waals surface area contributed by atoms with Crippen LogP contribution in [0.1, 0.15) is 46.0 Å². The molecule has 3 heteroatoms. The molecule has 1 saturated carbocycles. The molecule has 0 spiro atoms. The Balaban J connectivity index is 2.88. The Morgan fingerprint density at radius 3 is 2.36 bits per heavy atom. The van der Waals surface area contributed by atoms with E-state index in [2.05, 4.69) is 19.2 Å². The highest BCUT2D eigenvalue weighted by Gasteiger charge is 2.46. The van der Waals surface area contributed by atoms with E-state index in [-0.39, 0.29) is 16.9 Å². The molecular weight excluding hydrogens is 176 g/mol. The molecule has 1 unspecified atom stereocenters. The molecule has 0 bridgehead atoms. The van der Waals surface area contributed by atoms with E-state index in [1.807, 2.05) is 7.05 Å². The number of carbonyl (C=O) groups is 1. The Bertz CT molecular complexity index is 225. The summed E-state index contributed by atoms with van der Waals surface area (Å²) in [7, 11) is 1.94. The SMILES string of the molecule is CNC1(CC(N)=O)CCCCC1(C)C. The molecule has 0 aromatic heterocycles. The van der Waals surface area contributed by atoms with Crippen LogP contribution in [0.2, 0.25) is 0 Å². The highest BCUT2D eigenvalue weighted by molar-refractivity contribution is 5.75. The lowest BCUT2D eigenvalue weighted by Gasteiger charge is -2.50. The summed E-state index contributed by atoms with van der Waals surface area (Å²) in [6, 6.07) is 0. The molecule has 1 amide bonds. The third-order valence-corrected chi connectivity index (χ3v) is 3.91. The average Bonchev–Trinajstić information content (AvgIpc) is 2.08. The van der Waals surface area contributed by atoms with Gasteiger partial charge >= 0.3 is 0 Å². The summed E-state index contributed by atoms with van der Waals surface area (Å²) in [5, 5.41) is 3.34. The van der Waals surface area contributed by atoms with Crippen LogP contribution in [0.4, 0.5) is 0 Å². The van der Waals surface area contributed by atoms with Crippen molar-refractivity contribution in [1.82, 2.24) is 5.32 Å². The minimum atomic E-state index is -0.200. The maximum absolute atomic E-state index is 11.1. The molecule has 1 atom stereocenters. The Morgan fingerprint density at radius 1 is 1.36 bits per heavy atom. The van der Waals surface area contributed by atoms with Gasteiger partial charge in [0, 0.05) is 12.0 Å². The number of rotatable bonds is 3. The van der Waals surface area contributed by atoms with Crippen molar-refractivity contribution in [2.75, 3.05) is 7.05 Å². The highest BCUT2D eigenvalue weighted by Crippen LogP contribution is 2.45. The van der Waals surface area contributed by atoms with Gasteiger partial charge in [-0.3, -0.25) is 4.79 Å². The molecule has 0 aromatic carbocycles. The zero-order valence-electron chi connectivity index (χ0n) is 9.52. The van der Waals surface area contributed by atoms with Crippen LogP contribution in [0.3, 0.4) is 0 Å². The first-order valence-electron chi connectivity index (χ1n) is 5.41. The quantitative estimate of drug-likeness (QED) is 0.720. The van der Waals surface area contributed by atoms with Gasteiger partial charge in [0.2, 0.25) is 5.91 Å². The Hall–Kier alpha value is -0.570. The van der Waals surface area contributed by atoms with Crippen molar-refractivity contribution in [2.45, 2.75) is 51.5 Å². The van der Waals surface area contributed by atoms with Crippen molar-refractivity contribution in [3.8, 4) is 0 Å². The minimum Gasteiger partial charge on any atom is -0.370 e. The van der Waals surface area contributed by atoms with Gasteiger partial charge in [-0.2, -0.15) is 0 Å². The molecule has 1 aliphatic rings. The van der Waals surface area contributed by atoms with Crippen LogP contribution >= 0.6 is 0 Å². The molecular formula is C11H22N2O. The third-order valence-electron chi connectivity index (χ3n) is 3.91. The van der Waals surface area contributed by atoms with E-state index in [0.29, 0.717) is 6.42 Å². The largest absolute Gasteiger partial charge is 0.370 e. The summed E-state index contributed by atoms with van der Waals surface area (Å²) in [4.78, 5) is 11.1. The zero-order chi connectivity index (χ0) is 10.8. The van der Waals surface area contributed by atoms with Gasteiger partial charge < -0.3 is 11.1 Å². The van der Waals surface area contributed by atoms with Crippen LogP contribution in [0.25, 0.3) is 0 Å². The summed E-state index contributed by atoms with van der Waals surface area (Å²) in [6.45, 7) is 4.46. The van der Waals surface area contributed by atoms with Gasteiger partial charge in [-0.1, -0.05) is 26.7 Å². The van der Waals surface area contributed by atoms with E-state index in [4.69, 9.17) is 5.73 Å². The molecule has 82 valence electrons. The normalized spacial score (nSPS) is 31.4. The van der Waals surface area contributed by atoms with Crippen LogP contribution < -0.4 is 11.1 Å². The second-order valence-corrected chi connectivity index (χ2v) is 5.07. The summed E-state index contributed by atoms with van der Waals surface area (Å²) in [5.41, 5.74) is 5.40. The number of carbonyl (C=O) groups excluding carboxylic acids is 1. The van der Waals surface area contributed by atoms with Gasteiger partial charge in [0.05, 0.1) is 0 Å². The second-order valence-electron chi connectivity index (χ2n) is 5.07. The molecule has 0 aromatic rings. The van der Waals surface area contributed by atoms with E-state index < -0.39 is 0 Å². The fourth-order valence-corrected chi connectivity index (χ4v) is 2.75. The van der Waals surface area contributed by atoms with E-state index in [9.17, 15) is 4.79 Å². The van der Waals surface area contributed by atoms with Crippen molar-refractivity contribution in [3.05, 3.63) is 0 Å². The molecule has 0 radical (unpaired) electrons. The number of primary amides is 1. The Kier molecular flexibility index (Phi) is 3.20. The summed E-state index contributed by atoms with van der Waals surface area (Å²) >= 11 is 0. The van der Waals surface area contributed by atoms with Gasteiger partial charge in [0.25, 0.3) is 0 Å². The molecule has 0 heterocycles. The maximum atomic E-state index is 11.1. The minimum absolute atomic E-state index is 0.0862. The Morgan fingerprint density at radius 2 is 1.93 bits per heavy atom. The predicted molar refractivity (Wildman–Crippen MR) is 57.9 cm³/mol. The summed E-state index contributed by atoms with van der Waals surface area (Å²) in [5.74, 6) is -0.200. The van der Waals surface area contributed by atoms with E-state index in [0.717, 1.165) is 6.42 Å². The van der Waals surface area contributed by atoms with Crippen molar-refractivity contribution >= 4 is 5.91 Å². The van der Waals surface area contributed by atoms with Gasteiger partial charge in [0.15, 0.2) is 0 Å². The summed E-state index contributed by atoms with van der Waals surface area (Å²) < 4.78 is 0. The van der Waals surface area contributed by atoms with Crippen molar-refractivity contribution in [2.24, 2.45) is 11.1 Å².